The summed E-state index contributed by atoms with van der Waals surface area (Å²) in [5.74, 6) is 0.876. The molecular weight excluding hydrogens is 237 g/mol. The van der Waals surface area contributed by atoms with Crippen LogP contribution >= 0.6 is 11.6 Å². The second-order valence-corrected chi connectivity index (χ2v) is 5.51. The number of nitrogens with one attached hydrogen (secondary N) is 1. The quantitative estimate of drug-likeness (QED) is 0.821. The average Bonchev–Trinajstić information content (AvgIpc) is 2.17. The van der Waals surface area contributed by atoms with E-state index in [0.717, 1.165) is 5.56 Å². The molecule has 5 heteroatoms. The third-order valence-electron chi connectivity index (χ3n) is 2.41. The van der Waals surface area contributed by atoms with Gasteiger partial charge in [-0.05, 0) is 17.7 Å². The van der Waals surface area contributed by atoms with E-state index in [4.69, 9.17) is 11.6 Å². The van der Waals surface area contributed by atoms with Crippen molar-refractivity contribution in [1.82, 2.24) is 5.32 Å². The molecule has 1 aromatic carbocycles. The predicted molar refractivity (Wildman–Crippen MR) is 60.0 cm³/mol. The molecule has 1 heterocycles. The fourth-order valence-electron chi connectivity index (χ4n) is 1.66. The summed E-state index contributed by atoms with van der Waals surface area (Å²) in [7, 11) is -0.799. The molecule has 1 aliphatic rings. The van der Waals surface area contributed by atoms with Crippen LogP contribution in [0.4, 0.5) is 4.39 Å². The zero-order chi connectivity index (χ0) is 10.8. The van der Waals surface area contributed by atoms with E-state index >= 15 is 0 Å². The lowest BCUT2D eigenvalue weighted by Crippen LogP contribution is -2.36. The van der Waals surface area contributed by atoms with Crippen LogP contribution in [0.2, 0.25) is 5.02 Å². The van der Waals surface area contributed by atoms with Gasteiger partial charge < -0.3 is 5.32 Å². The van der Waals surface area contributed by atoms with E-state index in [1.54, 1.807) is 6.07 Å². The molecule has 2 nitrogen and oxygen atoms in total. The fourth-order valence-corrected chi connectivity index (χ4v) is 3.14. The highest BCUT2D eigenvalue weighted by Crippen LogP contribution is 2.25. The Labute approximate surface area is 95.3 Å². The molecule has 0 aromatic heterocycles. The van der Waals surface area contributed by atoms with Crippen LogP contribution in [-0.2, 0) is 10.8 Å². The topological polar surface area (TPSA) is 29.1 Å². The van der Waals surface area contributed by atoms with Gasteiger partial charge >= 0.3 is 0 Å². The van der Waals surface area contributed by atoms with E-state index in [1.807, 2.05) is 0 Å². The van der Waals surface area contributed by atoms with Gasteiger partial charge in [0.2, 0.25) is 0 Å². The first-order valence-corrected chi connectivity index (χ1v) is 6.57. The maximum atomic E-state index is 12.8. The molecule has 0 aliphatic carbocycles. The first kappa shape index (κ1) is 11.0. The molecule has 0 amide bonds. The molecule has 15 heavy (non-hydrogen) atoms. The number of hydrogen-bond donors (Lipinski definition) is 1. The Balaban J connectivity index is 2.24. The minimum atomic E-state index is -0.799. The van der Waals surface area contributed by atoms with E-state index in [9.17, 15) is 8.60 Å². The van der Waals surface area contributed by atoms with Crippen LogP contribution in [0.3, 0.4) is 0 Å². The van der Waals surface area contributed by atoms with Crippen LogP contribution in [0, 0.1) is 5.82 Å². The van der Waals surface area contributed by atoms with Gasteiger partial charge in [0.1, 0.15) is 5.82 Å². The Kier molecular flexibility index (Phi) is 3.38. The van der Waals surface area contributed by atoms with Crippen LogP contribution in [0.25, 0.3) is 0 Å². The number of hydrogen-bond acceptors (Lipinski definition) is 2. The van der Waals surface area contributed by atoms with Crippen LogP contribution in [0.15, 0.2) is 18.2 Å². The molecular formula is C10H11ClFNOS. The Hall–Kier alpha value is -0.450. The van der Waals surface area contributed by atoms with Gasteiger partial charge in [-0.25, -0.2) is 4.39 Å². The summed E-state index contributed by atoms with van der Waals surface area (Å²) in [6, 6.07) is 4.29. The molecule has 1 N–H and O–H groups in total. The molecule has 0 bridgehead atoms. The summed E-state index contributed by atoms with van der Waals surface area (Å²) in [6.45, 7) is 0.713. The Morgan fingerprint density at radius 1 is 1.53 bits per heavy atom. The highest BCUT2D eigenvalue weighted by atomic mass is 35.5. The maximum absolute atomic E-state index is 12.8. The molecule has 2 unspecified atom stereocenters. The second kappa shape index (κ2) is 4.60. The van der Waals surface area contributed by atoms with Gasteiger partial charge in [-0.1, -0.05) is 17.7 Å². The van der Waals surface area contributed by atoms with Gasteiger partial charge in [-0.15, -0.1) is 0 Å². The highest BCUT2D eigenvalue weighted by molar-refractivity contribution is 7.85. The standard InChI is InChI=1S/C10H11ClFNOS/c11-9-5-7(12)1-2-8(9)10-6-15(14)4-3-13-10/h1-2,5,10,13H,3-4,6H2. The van der Waals surface area contributed by atoms with Crippen molar-refractivity contribution >= 4 is 22.4 Å². The van der Waals surface area contributed by atoms with Crippen molar-refractivity contribution in [2.45, 2.75) is 6.04 Å². The summed E-state index contributed by atoms with van der Waals surface area (Å²) < 4.78 is 24.2. The van der Waals surface area contributed by atoms with E-state index in [1.165, 1.54) is 12.1 Å². The first-order valence-electron chi connectivity index (χ1n) is 4.70. The third-order valence-corrected chi connectivity index (χ3v) is 4.10. The smallest absolute Gasteiger partial charge is 0.124 e. The minimum absolute atomic E-state index is 0.0207. The monoisotopic (exact) mass is 247 g/mol. The molecule has 0 saturated carbocycles. The maximum Gasteiger partial charge on any atom is 0.124 e. The molecule has 0 spiro atoms. The summed E-state index contributed by atoms with van der Waals surface area (Å²) in [5, 5.41) is 3.62. The van der Waals surface area contributed by atoms with Crippen LogP contribution in [0.5, 0.6) is 0 Å². The van der Waals surface area contributed by atoms with E-state index < -0.39 is 10.8 Å². The number of benzene rings is 1. The molecule has 2 rings (SSSR count). The number of rotatable bonds is 1. The predicted octanol–water partition coefficient (Wildman–Crippen LogP) is 1.87. The minimum Gasteiger partial charge on any atom is -0.308 e. The van der Waals surface area contributed by atoms with Gasteiger partial charge in [0.05, 0.1) is 0 Å². The Bertz CT molecular complexity index is 399. The molecule has 2 atom stereocenters. The molecule has 0 radical (unpaired) electrons. The zero-order valence-electron chi connectivity index (χ0n) is 8.00. The van der Waals surface area contributed by atoms with E-state index in [2.05, 4.69) is 5.32 Å². The molecule has 1 fully saturated rings. The van der Waals surface area contributed by atoms with Crippen molar-refractivity contribution < 1.29 is 8.60 Å². The lowest BCUT2D eigenvalue weighted by Gasteiger charge is -2.24. The van der Waals surface area contributed by atoms with Crippen molar-refractivity contribution in [2.24, 2.45) is 0 Å². The molecule has 1 aromatic rings. The van der Waals surface area contributed by atoms with Crippen LogP contribution < -0.4 is 5.32 Å². The van der Waals surface area contributed by atoms with Gasteiger partial charge in [-0.2, -0.15) is 0 Å². The van der Waals surface area contributed by atoms with Crippen LogP contribution in [0.1, 0.15) is 11.6 Å². The summed E-state index contributed by atoms with van der Waals surface area (Å²) in [4.78, 5) is 0. The highest BCUT2D eigenvalue weighted by Gasteiger charge is 2.21. The SMILES string of the molecule is O=S1CCNC(c2ccc(F)cc2Cl)C1. The van der Waals surface area contributed by atoms with Gasteiger partial charge in [0.15, 0.2) is 0 Å². The third kappa shape index (κ3) is 2.56. The lowest BCUT2D eigenvalue weighted by molar-refractivity contribution is 0.569. The molecule has 82 valence electrons. The summed E-state index contributed by atoms with van der Waals surface area (Å²) in [5.41, 5.74) is 0.825. The average molecular weight is 248 g/mol. The van der Waals surface area contributed by atoms with Crippen molar-refractivity contribution in [3.05, 3.63) is 34.6 Å². The normalized spacial score (nSPS) is 26.5. The van der Waals surface area contributed by atoms with Gasteiger partial charge in [0, 0.05) is 39.9 Å². The van der Waals surface area contributed by atoms with Crippen molar-refractivity contribution in [2.75, 3.05) is 18.1 Å². The van der Waals surface area contributed by atoms with Gasteiger partial charge in [-0.3, -0.25) is 4.21 Å². The second-order valence-electron chi connectivity index (χ2n) is 3.48. The van der Waals surface area contributed by atoms with Crippen molar-refractivity contribution in [1.29, 1.82) is 0 Å². The first-order chi connectivity index (χ1) is 7.16. The van der Waals surface area contributed by atoms with Crippen LogP contribution in [-0.4, -0.2) is 22.3 Å². The molecule has 1 saturated heterocycles. The van der Waals surface area contributed by atoms with E-state index in [-0.39, 0.29) is 11.9 Å². The zero-order valence-corrected chi connectivity index (χ0v) is 9.58. The van der Waals surface area contributed by atoms with Crippen molar-refractivity contribution in [3.63, 3.8) is 0 Å². The lowest BCUT2D eigenvalue weighted by atomic mass is 10.1. The summed E-state index contributed by atoms with van der Waals surface area (Å²) in [6.07, 6.45) is 0. The Morgan fingerprint density at radius 2 is 2.33 bits per heavy atom. The Morgan fingerprint density at radius 3 is 3.00 bits per heavy atom. The van der Waals surface area contributed by atoms with Crippen molar-refractivity contribution in [3.8, 4) is 0 Å². The van der Waals surface area contributed by atoms with E-state index in [0.29, 0.717) is 23.1 Å². The number of halogens is 2. The summed E-state index contributed by atoms with van der Waals surface area (Å²) >= 11 is 5.93. The van der Waals surface area contributed by atoms with Gasteiger partial charge in [0.25, 0.3) is 0 Å². The fraction of sp³-hybridized carbons (Fsp3) is 0.400. The largest absolute Gasteiger partial charge is 0.308 e. The molecule has 1 aliphatic heterocycles.